The number of fused-ring (bicyclic) bond motifs is 3. The fourth-order valence-corrected chi connectivity index (χ4v) is 5.85. The largest absolute Gasteiger partial charge is 0.370 e. The van der Waals surface area contributed by atoms with E-state index in [4.69, 9.17) is 0 Å². The summed E-state index contributed by atoms with van der Waals surface area (Å²) >= 11 is 0. The summed E-state index contributed by atoms with van der Waals surface area (Å²) in [5.74, 6) is -0.952. The average molecular weight is 430 g/mol. The Balaban J connectivity index is 2.28. The lowest BCUT2D eigenvalue weighted by Crippen LogP contribution is -2.69. The highest BCUT2D eigenvalue weighted by Crippen LogP contribution is 2.52. The van der Waals surface area contributed by atoms with E-state index in [1.165, 1.54) is 12.8 Å². The molecule has 0 amide bonds. The van der Waals surface area contributed by atoms with Crippen molar-refractivity contribution >= 4 is 5.69 Å². The molecule has 2 atom stereocenters. The average Bonchev–Trinajstić information content (AvgIpc) is 2.76. The molecule has 0 saturated heterocycles. The number of benzene rings is 1. The standard InChI is InChI=1S/C27H39F2N2/c1-7-11-12-16-30(6)21-13-14-24-25-22(17-20(28)18-23(25)29)26(5,9-3)27(10-4,15-8-2)31(24)19-21/h13-14,17-19H,7-12,15-16H2,1-6H3/q+1. The molecule has 0 fully saturated rings. The minimum Gasteiger partial charge on any atom is -0.370 e. The van der Waals surface area contributed by atoms with Gasteiger partial charge in [0.2, 0.25) is 5.69 Å². The summed E-state index contributed by atoms with van der Waals surface area (Å²) in [5, 5.41) is 0. The molecule has 3 rings (SSSR count). The van der Waals surface area contributed by atoms with E-state index in [-0.39, 0.29) is 11.0 Å². The molecule has 1 aliphatic rings. The highest BCUT2D eigenvalue weighted by Gasteiger charge is 2.59. The van der Waals surface area contributed by atoms with Crippen molar-refractivity contribution in [1.82, 2.24) is 0 Å². The Morgan fingerprint density at radius 2 is 1.71 bits per heavy atom. The molecule has 4 heteroatoms. The normalized spacial score (nSPS) is 22.2. The number of nitrogens with zero attached hydrogens (tertiary/aromatic N) is 2. The van der Waals surface area contributed by atoms with Gasteiger partial charge in [0.25, 0.3) is 0 Å². The van der Waals surface area contributed by atoms with Crippen LogP contribution in [0.1, 0.15) is 85.1 Å². The zero-order valence-corrected chi connectivity index (χ0v) is 20.2. The fourth-order valence-electron chi connectivity index (χ4n) is 5.85. The van der Waals surface area contributed by atoms with Crippen LogP contribution in [-0.4, -0.2) is 13.6 Å². The lowest BCUT2D eigenvalue weighted by molar-refractivity contribution is -0.769. The molecule has 1 aromatic heterocycles. The van der Waals surface area contributed by atoms with E-state index in [1.54, 1.807) is 6.07 Å². The molecule has 0 saturated carbocycles. The molecule has 0 spiro atoms. The van der Waals surface area contributed by atoms with E-state index in [1.807, 2.05) is 6.07 Å². The highest BCUT2D eigenvalue weighted by atomic mass is 19.1. The monoisotopic (exact) mass is 429 g/mol. The van der Waals surface area contributed by atoms with Gasteiger partial charge in [-0.2, -0.15) is 4.57 Å². The van der Waals surface area contributed by atoms with Crippen LogP contribution in [0, 0.1) is 11.6 Å². The van der Waals surface area contributed by atoms with Crippen LogP contribution in [0.25, 0.3) is 11.3 Å². The van der Waals surface area contributed by atoms with Gasteiger partial charge in [0.15, 0.2) is 11.7 Å². The summed E-state index contributed by atoms with van der Waals surface area (Å²) in [6.07, 6.45) is 9.50. The van der Waals surface area contributed by atoms with E-state index in [0.29, 0.717) is 5.56 Å². The second-order valence-corrected chi connectivity index (χ2v) is 9.40. The van der Waals surface area contributed by atoms with Crippen LogP contribution in [0.4, 0.5) is 14.5 Å². The summed E-state index contributed by atoms with van der Waals surface area (Å²) in [7, 11) is 2.14. The summed E-state index contributed by atoms with van der Waals surface area (Å²) in [6, 6.07) is 6.74. The minimum absolute atomic E-state index is 0.237. The molecule has 0 N–H and O–H groups in total. The Morgan fingerprint density at radius 1 is 0.968 bits per heavy atom. The zero-order valence-electron chi connectivity index (χ0n) is 20.2. The first-order valence-corrected chi connectivity index (χ1v) is 12.1. The van der Waals surface area contributed by atoms with Crippen molar-refractivity contribution in [3.63, 3.8) is 0 Å². The van der Waals surface area contributed by atoms with Gasteiger partial charge in [0.1, 0.15) is 17.3 Å². The third-order valence-corrected chi connectivity index (χ3v) is 7.82. The Bertz CT molecular complexity index is 926. The van der Waals surface area contributed by atoms with Gasteiger partial charge in [-0.1, -0.05) is 40.5 Å². The maximum absolute atomic E-state index is 15.2. The Kier molecular flexibility index (Phi) is 7.08. The zero-order chi connectivity index (χ0) is 22.8. The molecule has 2 heterocycles. The maximum Gasteiger partial charge on any atom is 0.216 e. The third kappa shape index (κ3) is 3.76. The minimum atomic E-state index is -0.488. The molecular formula is C27H39F2N2+. The molecule has 1 aliphatic heterocycles. The van der Waals surface area contributed by atoms with Gasteiger partial charge in [0.05, 0.1) is 11.0 Å². The number of hydrogen-bond donors (Lipinski definition) is 0. The van der Waals surface area contributed by atoms with Crippen LogP contribution in [-0.2, 0) is 11.0 Å². The second-order valence-electron chi connectivity index (χ2n) is 9.40. The van der Waals surface area contributed by atoms with Gasteiger partial charge in [-0.25, -0.2) is 8.78 Å². The van der Waals surface area contributed by atoms with Crippen LogP contribution in [0.2, 0.25) is 0 Å². The van der Waals surface area contributed by atoms with Crippen molar-refractivity contribution in [2.45, 2.75) is 90.5 Å². The van der Waals surface area contributed by atoms with Crippen LogP contribution in [0.3, 0.4) is 0 Å². The summed E-state index contributed by atoms with van der Waals surface area (Å²) in [5.41, 5.74) is 2.78. The van der Waals surface area contributed by atoms with Crippen LogP contribution in [0.5, 0.6) is 0 Å². The lowest BCUT2D eigenvalue weighted by Gasteiger charge is -2.48. The topological polar surface area (TPSA) is 7.12 Å². The van der Waals surface area contributed by atoms with Crippen molar-refractivity contribution in [1.29, 1.82) is 0 Å². The Morgan fingerprint density at radius 3 is 2.32 bits per heavy atom. The highest BCUT2D eigenvalue weighted by molar-refractivity contribution is 5.67. The molecule has 2 unspecified atom stereocenters. The van der Waals surface area contributed by atoms with Gasteiger partial charge in [-0.15, -0.1) is 0 Å². The van der Waals surface area contributed by atoms with E-state index in [2.05, 4.69) is 63.4 Å². The number of hydrogen-bond acceptors (Lipinski definition) is 1. The Hall–Kier alpha value is -1.97. The van der Waals surface area contributed by atoms with Crippen LogP contribution < -0.4 is 9.47 Å². The molecule has 0 radical (unpaired) electrons. The van der Waals surface area contributed by atoms with Gasteiger partial charge in [-0.3, -0.25) is 0 Å². The number of anilines is 1. The molecule has 0 bridgehead atoms. The SMILES string of the molecule is CCCCCN(C)c1ccc2[n+](c1)C(CC)(CCC)C(C)(CC)c1cc(F)cc(F)c1-2. The first kappa shape index (κ1) is 23.7. The number of pyridine rings is 1. The van der Waals surface area contributed by atoms with Crippen molar-refractivity contribution in [3.05, 3.63) is 47.7 Å². The quantitative estimate of drug-likeness (QED) is 0.304. The molecule has 1 aromatic carbocycles. The van der Waals surface area contributed by atoms with Crippen molar-refractivity contribution in [2.75, 3.05) is 18.5 Å². The van der Waals surface area contributed by atoms with Gasteiger partial charge in [-0.05, 0) is 43.9 Å². The van der Waals surface area contributed by atoms with Gasteiger partial charge < -0.3 is 4.90 Å². The van der Waals surface area contributed by atoms with Gasteiger partial charge >= 0.3 is 0 Å². The van der Waals surface area contributed by atoms with E-state index in [9.17, 15) is 4.39 Å². The second kappa shape index (κ2) is 9.26. The predicted octanol–water partition coefficient (Wildman–Crippen LogP) is 7.13. The Labute approximate surface area is 187 Å². The molecular weight excluding hydrogens is 390 g/mol. The number of aromatic nitrogens is 1. The van der Waals surface area contributed by atoms with Gasteiger partial charge in [0, 0.05) is 38.6 Å². The smallest absolute Gasteiger partial charge is 0.216 e. The molecule has 170 valence electrons. The fraction of sp³-hybridized carbons (Fsp3) is 0.593. The van der Waals surface area contributed by atoms with E-state index >= 15 is 4.39 Å². The third-order valence-electron chi connectivity index (χ3n) is 7.82. The van der Waals surface area contributed by atoms with Crippen LogP contribution >= 0.6 is 0 Å². The van der Waals surface area contributed by atoms with E-state index in [0.717, 1.165) is 61.7 Å². The summed E-state index contributed by atoms with van der Waals surface area (Å²) in [4.78, 5) is 2.30. The van der Waals surface area contributed by atoms with Crippen molar-refractivity contribution in [2.24, 2.45) is 0 Å². The number of unbranched alkanes of at least 4 members (excludes halogenated alkanes) is 2. The van der Waals surface area contributed by atoms with Crippen molar-refractivity contribution < 1.29 is 13.3 Å². The summed E-state index contributed by atoms with van der Waals surface area (Å²) in [6.45, 7) is 12.0. The van der Waals surface area contributed by atoms with E-state index < -0.39 is 11.6 Å². The van der Waals surface area contributed by atoms with Crippen molar-refractivity contribution in [3.8, 4) is 11.3 Å². The first-order chi connectivity index (χ1) is 14.8. The molecule has 2 aromatic rings. The molecule has 31 heavy (non-hydrogen) atoms. The number of rotatable bonds is 9. The molecule has 0 aliphatic carbocycles. The predicted molar refractivity (Wildman–Crippen MR) is 126 cm³/mol. The lowest BCUT2D eigenvalue weighted by atomic mass is 9.58. The maximum atomic E-state index is 15.2. The number of halogens is 2. The molecule has 2 nitrogen and oxygen atoms in total. The summed E-state index contributed by atoms with van der Waals surface area (Å²) < 4.78 is 32.0. The van der Waals surface area contributed by atoms with Crippen LogP contribution in [0.15, 0.2) is 30.5 Å². The first-order valence-electron chi connectivity index (χ1n) is 12.1.